The Morgan fingerprint density at radius 3 is 2.84 bits per heavy atom. The molecule has 1 aromatic heterocycles. The Balaban J connectivity index is 2.24. The van der Waals surface area contributed by atoms with E-state index in [0.717, 1.165) is 0 Å². The van der Waals surface area contributed by atoms with Gasteiger partial charge in [-0.1, -0.05) is 11.6 Å². The van der Waals surface area contributed by atoms with Gasteiger partial charge in [0.2, 0.25) is 0 Å². The highest BCUT2D eigenvalue weighted by Crippen LogP contribution is 2.49. The lowest BCUT2D eigenvalue weighted by Gasteiger charge is -2.22. The third-order valence-electron chi connectivity index (χ3n) is 2.89. The number of nitrogens with one attached hydrogen (secondary N) is 1. The molecule has 6 nitrogen and oxygen atoms in total. The van der Waals surface area contributed by atoms with Crippen molar-refractivity contribution in [3.63, 3.8) is 0 Å². The van der Waals surface area contributed by atoms with Crippen LogP contribution in [0.5, 0.6) is 17.2 Å². The standard InChI is InChI=1S/C12H12ClN3O3/c1-17-10-6(7-5-15-16-12(7)14)4-8-11(9(10)13)19-3-2-18-8/h4-5H,2-3H2,1H3,(H3,14,15,16). The van der Waals surface area contributed by atoms with Crippen LogP contribution in [0.25, 0.3) is 11.1 Å². The molecule has 0 aliphatic carbocycles. The maximum absolute atomic E-state index is 6.30. The molecule has 7 heteroatoms. The number of ether oxygens (including phenoxy) is 3. The van der Waals surface area contributed by atoms with Crippen molar-refractivity contribution in [1.29, 1.82) is 0 Å². The van der Waals surface area contributed by atoms with Gasteiger partial charge in [-0.15, -0.1) is 0 Å². The Kier molecular flexibility index (Phi) is 2.87. The minimum Gasteiger partial charge on any atom is -0.494 e. The number of fused-ring (bicyclic) bond motifs is 1. The van der Waals surface area contributed by atoms with E-state index in [0.29, 0.717) is 52.4 Å². The van der Waals surface area contributed by atoms with Crippen LogP contribution in [0, 0.1) is 0 Å². The molecule has 1 aliphatic rings. The number of halogens is 1. The van der Waals surface area contributed by atoms with Crippen molar-refractivity contribution in [2.24, 2.45) is 0 Å². The third-order valence-corrected chi connectivity index (χ3v) is 3.24. The Bertz CT molecular complexity index is 627. The second-order valence-corrected chi connectivity index (χ2v) is 4.37. The lowest BCUT2D eigenvalue weighted by atomic mass is 10.1. The van der Waals surface area contributed by atoms with Crippen LogP contribution < -0.4 is 19.9 Å². The predicted octanol–water partition coefficient (Wildman–Crippen LogP) is 2.09. The topological polar surface area (TPSA) is 82.4 Å². The smallest absolute Gasteiger partial charge is 0.183 e. The summed E-state index contributed by atoms with van der Waals surface area (Å²) in [5.74, 6) is 1.99. The first-order chi connectivity index (χ1) is 9.22. The van der Waals surface area contributed by atoms with E-state index < -0.39 is 0 Å². The van der Waals surface area contributed by atoms with Crippen LogP contribution in [0.1, 0.15) is 0 Å². The molecule has 1 aliphatic heterocycles. The number of nitrogens with two attached hydrogens (primary N) is 1. The van der Waals surface area contributed by atoms with Gasteiger partial charge in [-0.3, -0.25) is 5.10 Å². The van der Waals surface area contributed by atoms with Gasteiger partial charge in [0.1, 0.15) is 29.8 Å². The van der Waals surface area contributed by atoms with Gasteiger partial charge >= 0.3 is 0 Å². The molecule has 3 rings (SSSR count). The molecule has 3 N–H and O–H groups in total. The van der Waals surface area contributed by atoms with Crippen LogP contribution in [0.3, 0.4) is 0 Å². The zero-order chi connectivity index (χ0) is 13.4. The molecule has 0 unspecified atom stereocenters. The second-order valence-electron chi connectivity index (χ2n) is 3.99. The first kappa shape index (κ1) is 12.0. The summed E-state index contributed by atoms with van der Waals surface area (Å²) in [6.07, 6.45) is 1.61. The Labute approximate surface area is 114 Å². The predicted molar refractivity (Wildman–Crippen MR) is 71.0 cm³/mol. The Morgan fingerprint density at radius 1 is 1.37 bits per heavy atom. The number of rotatable bonds is 2. The van der Waals surface area contributed by atoms with Gasteiger partial charge in [-0.25, -0.2) is 0 Å². The number of anilines is 1. The normalized spacial score (nSPS) is 13.4. The molecular weight excluding hydrogens is 270 g/mol. The summed E-state index contributed by atoms with van der Waals surface area (Å²) in [6, 6.07) is 1.79. The highest BCUT2D eigenvalue weighted by atomic mass is 35.5. The fraction of sp³-hybridized carbons (Fsp3) is 0.250. The molecule has 100 valence electrons. The summed E-state index contributed by atoms with van der Waals surface area (Å²) in [5, 5.41) is 6.94. The van der Waals surface area contributed by atoms with E-state index in [2.05, 4.69) is 10.2 Å². The molecule has 0 spiro atoms. The van der Waals surface area contributed by atoms with Gasteiger partial charge in [-0.2, -0.15) is 5.10 Å². The number of hydrogen-bond acceptors (Lipinski definition) is 5. The number of nitrogen functional groups attached to an aromatic ring is 1. The first-order valence-electron chi connectivity index (χ1n) is 5.67. The van der Waals surface area contributed by atoms with Gasteiger partial charge in [0.25, 0.3) is 0 Å². The first-order valence-corrected chi connectivity index (χ1v) is 6.05. The Morgan fingerprint density at radius 2 is 2.16 bits per heavy atom. The van der Waals surface area contributed by atoms with E-state index in [1.54, 1.807) is 12.3 Å². The second kappa shape index (κ2) is 4.55. The van der Waals surface area contributed by atoms with Crippen LogP contribution >= 0.6 is 11.6 Å². The van der Waals surface area contributed by atoms with Crippen molar-refractivity contribution in [3.8, 4) is 28.4 Å². The summed E-state index contributed by atoms with van der Waals surface area (Å²) in [5.41, 5.74) is 7.25. The highest BCUT2D eigenvalue weighted by Gasteiger charge is 2.24. The monoisotopic (exact) mass is 281 g/mol. The van der Waals surface area contributed by atoms with E-state index in [4.69, 9.17) is 31.5 Å². The van der Waals surface area contributed by atoms with E-state index in [-0.39, 0.29) is 0 Å². The average Bonchev–Trinajstić information content (AvgIpc) is 2.85. The van der Waals surface area contributed by atoms with E-state index >= 15 is 0 Å². The lowest BCUT2D eigenvalue weighted by Crippen LogP contribution is -2.16. The van der Waals surface area contributed by atoms with Gasteiger partial charge in [0.15, 0.2) is 11.5 Å². The molecule has 2 heterocycles. The minimum atomic E-state index is 0.371. The largest absolute Gasteiger partial charge is 0.494 e. The molecule has 1 aromatic carbocycles. The maximum atomic E-state index is 6.30. The molecule has 0 fully saturated rings. The average molecular weight is 282 g/mol. The fourth-order valence-corrected chi connectivity index (χ4v) is 2.37. The summed E-state index contributed by atoms with van der Waals surface area (Å²) >= 11 is 6.30. The Hall–Kier alpha value is -2.08. The van der Waals surface area contributed by atoms with Crippen molar-refractivity contribution < 1.29 is 14.2 Å². The van der Waals surface area contributed by atoms with E-state index in [1.165, 1.54) is 7.11 Å². The summed E-state index contributed by atoms with van der Waals surface area (Å²) in [7, 11) is 1.54. The molecular formula is C12H12ClN3O3. The lowest BCUT2D eigenvalue weighted by molar-refractivity contribution is 0.171. The van der Waals surface area contributed by atoms with Crippen molar-refractivity contribution in [3.05, 3.63) is 17.3 Å². The van der Waals surface area contributed by atoms with Crippen LogP contribution in [0.4, 0.5) is 5.82 Å². The van der Waals surface area contributed by atoms with E-state index in [9.17, 15) is 0 Å². The molecule has 0 amide bonds. The molecule has 0 saturated carbocycles. The van der Waals surface area contributed by atoms with Crippen molar-refractivity contribution in [1.82, 2.24) is 10.2 Å². The minimum absolute atomic E-state index is 0.371. The molecule has 2 aromatic rings. The number of benzene rings is 1. The van der Waals surface area contributed by atoms with Crippen LogP contribution in [-0.2, 0) is 0 Å². The van der Waals surface area contributed by atoms with Crippen LogP contribution in [0.2, 0.25) is 5.02 Å². The van der Waals surface area contributed by atoms with Gasteiger partial charge < -0.3 is 19.9 Å². The summed E-state index contributed by atoms with van der Waals surface area (Å²) in [6.45, 7) is 0.943. The number of aromatic amines is 1. The molecule has 19 heavy (non-hydrogen) atoms. The number of methoxy groups -OCH3 is 1. The van der Waals surface area contributed by atoms with Crippen molar-refractivity contribution in [2.75, 3.05) is 26.1 Å². The van der Waals surface area contributed by atoms with Gasteiger partial charge in [-0.05, 0) is 6.07 Å². The molecule has 0 radical (unpaired) electrons. The van der Waals surface area contributed by atoms with Crippen LogP contribution in [-0.4, -0.2) is 30.5 Å². The zero-order valence-electron chi connectivity index (χ0n) is 10.2. The SMILES string of the molecule is COc1c(-c2cn[nH]c2N)cc2c(c1Cl)OCCO2. The van der Waals surface area contributed by atoms with Gasteiger partial charge in [0, 0.05) is 11.1 Å². The molecule has 0 bridgehead atoms. The van der Waals surface area contributed by atoms with Crippen LogP contribution in [0.15, 0.2) is 12.3 Å². The summed E-state index contributed by atoms with van der Waals surface area (Å²) in [4.78, 5) is 0. The number of aromatic nitrogens is 2. The van der Waals surface area contributed by atoms with E-state index in [1.807, 2.05) is 0 Å². The van der Waals surface area contributed by atoms with Crippen molar-refractivity contribution >= 4 is 17.4 Å². The quantitative estimate of drug-likeness (QED) is 0.881. The molecule has 0 atom stereocenters. The molecule has 0 saturated heterocycles. The third kappa shape index (κ3) is 1.84. The summed E-state index contributed by atoms with van der Waals surface area (Å²) < 4.78 is 16.4. The van der Waals surface area contributed by atoms with Crippen molar-refractivity contribution in [2.45, 2.75) is 0 Å². The maximum Gasteiger partial charge on any atom is 0.183 e. The number of nitrogens with zero attached hydrogens (tertiary/aromatic N) is 1. The number of hydrogen-bond donors (Lipinski definition) is 2. The van der Waals surface area contributed by atoms with Gasteiger partial charge in [0.05, 0.1) is 13.3 Å². The highest BCUT2D eigenvalue weighted by molar-refractivity contribution is 6.34. The zero-order valence-corrected chi connectivity index (χ0v) is 11.0. The fourth-order valence-electron chi connectivity index (χ4n) is 2.04. The number of H-pyrrole nitrogens is 1.